The van der Waals surface area contributed by atoms with Crippen LogP contribution in [0.3, 0.4) is 0 Å². The smallest absolute Gasteiger partial charge is 0.335 e. The van der Waals surface area contributed by atoms with E-state index in [1.165, 1.54) is 7.11 Å². The standard InChI is InChI=1S/C29H31F2N5O5/c1-41-16-23-24(26(37)38)25(18-7-8-21(30)22(31)15-18)36(28(40)35-23)27(39)34-14-13-33-20-9-11-29(17-32,12-10-20)19-5-3-2-4-6-19/h2-8,15,20,25,33H,9-14,16H2,1H3,(H,34,39)(H,35,40)(H,37,38). The van der Waals surface area contributed by atoms with Gasteiger partial charge in [0, 0.05) is 26.2 Å². The van der Waals surface area contributed by atoms with Crippen molar-refractivity contribution in [1.29, 1.82) is 5.26 Å². The van der Waals surface area contributed by atoms with Crippen LogP contribution in [0.2, 0.25) is 0 Å². The number of amides is 4. The van der Waals surface area contributed by atoms with Gasteiger partial charge in [0.15, 0.2) is 11.6 Å². The number of carboxylic acid groups (broad SMARTS) is 1. The Labute approximate surface area is 236 Å². The normalized spacial score (nSPS) is 22.6. The van der Waals surface area contributed by atoms with Crippen molar-refractivity contribution >= 4 is 18.0 Å². The molecule has 1 atom stereocenters. The molecule has 1 saturated carbocycles. The molecular formula is C29H31F2N5O5. The van der Waals surface area contributed by atoms with E-state index in [4.69, 9.17) is 4.74 Å². The Hall–Kier alpha value is -4.34. The maximum Gasteiger partial charge on any atom is 0.335 e. The lowest BCUT2D eigenvalue weighted by molar-refractivity contribution is -0.133. The number of nitrogens with one attached hydrogen (secondary N) is 3. The van der Waals surface area contributed by atoms with Gasteiger partial charge in [-0.3, -0.25) is 0 Å². The van der Waals surface area contributed by atoms with Crippen LogP contribution >= 0.6 is 0 Å². The Morgan fingerprint density at radius 2 is 1.85 bits per heavy atom. The van der Waals surface area contributed by atoms with Gasteiger partial charge >= 0.3 is 18.0 Å². The van der Waals surface area contributed by atoms with Crippen molar-refractivity contribution in [3.8, 4) is 6.07 Å². The number of urea groups is 2. The summed E-state index contributed by atoms with van der Waals surface area (Å²) in [7, 11) is 1.30. The number of hydrogen-bond acceptors (Lipinski definition) is 6. The molecule has 4 N–H and O–H groups in total. The molecule has 4 amide bonds. The zero-order chi connectivity index (χ0) is 29.6. The molecule has 10 nitrogen and oxygen atoms in total. The number of carbonyl (C=O) groups is 3. The summed E-state index contributed by atoms with van der Waals surface area (Å²) >= 11 is 0. The maximum absolute atomic E-state index is 14.1. The first kappa shape index (κ1) is 29.6. The van der Waals surface area contributed by atoms with Crippen LogP contribution in [0.5, 0.6) is 0 Å². The van der Waals surface area contributed by atoms with Gasteiger partial charge in [-0.1, -0.05) is 36.4 Å². The number of benzene rings is 2. The molecule has 0 radical (unpaired) electrons. The first-order valence-electron chi connectivity index (χ1n) is 13.2. The molecule has 0 bridgehead atoms. The molecule has 1 aliphatic carbocycles. The van der Waals surface area contributed by atoms with E-state index >= 15 is 0 Å². The van der Waals surface area contributed by atoms with E-state index in [2.05, 4.69) is 22.0 Å². The van der Waals surface area contributed by atoms with E-state index in [-0.39, 0.29) is 30.5 Å². The van der Waals surface area contributed by atoms with Crippen LogP contribution in [-0.4, -0.2) is 60.9 Å². The Morgan fingerprint density at radius 3 is 2.46 bits per heavy atom. The third-order valence-electron chi connectivity index (χ3n) is 7.54. The SMILES string of the molecule is COCC1=C(C(=O)O)C(c2ccc(F)c(F)c2)N(C(=O)NCCNC2CCC(C#N)(c3ccccc3)CC2)C(=O)N1. The minimum atomic E-state index is -1.54. The summed E-state index contributed by atoms with van der Waals surface area (Å²) in [5.74, 6) is -3.88. The molecule has 0 spiro atoms. The number of halogens is 2. The third kappa shape index (κ3) is 6.37. The highest BCUT2D eigenvalue weighted by atomic mass is 19.2. The number of methoxy groups -OCH3 is 1. The topological polar surface area (TPSA) is 144 Å². The Kier molecular flexibility index (Phi) is 9.31. The fourth-order valence-corrected chi connectivity index (χ4v) is 5.45. The number of carboxylic acids is 1. The van der Waals surface area contributed by atoms with Gasteiger partial charge in [0.1, 0.15) is 6.04 Å². The number of hydrogen-bond donors (Lipinski definition) is 4. The van der Waals surface area contributed by atoms with Crippen molar-refractivity contribution in [3.63, 3.8) is 0 Å². The second-order valence-corrected chi connectivity index (χ2v) is 10.0. The number of imide groups is 1. The number of nitriles is 1. The van der Waals surface area contributed by atoms with Crippen molar-refractivity contribution in [2.24, 2.45) is 0 Å². The molecular weight excluding hydrogens is 536 g/mol. The van der Waals surface area contributed by atoms with Crippen LogP contribution in [0.15, 0.2) is 59.8 Å². The maximum atomic E-state index is 14.1. The first-order valence-corrected chi connectivity index (χ1v) is 13.2. The van der Waals surface area contributed by atoms with Gasteiger partial charge in [0.25, 0.3) is 0 Å². The summed E-state index contributed by atoms with van der Waals surface area (Å²) in [5.41, 5.74) is -0.132. The van der Waals surface area contributed by atoms with Crippen LogP contribution in [-0.2, 0) is 14.9 Å². The summed E-state index contributed by atoms with van der Waals surface area (Å²) in [6.45, 7) is 0.164. The Morgan fingerprint density at radius 1 is 1.15 bits per heavy atom. The highest BCUT2D eigenvalue weighted by Crippen LogP contribution is 2.39. The predicted molar refractivity (Wildman–Crippen MR) is 143 cm³/mol. The van der Waals surface area contributed by atoms with E-state index in [1.54, 1.807) is 0 Å². The number of carbonyl (C=O) groups excluding carboxylic acids is 2. The fraction of sp³-hybridized carbons (Fsp3) is 0.379. The molecule has 2 aromatic rings. The van der Waals surface area contributed by atoms with Gasteiger partial charge in [-0.15, -0.1) is 0 Å². The molecule has 0 aromatic heterocycles. The average molecular weight is 568 g/mol. The fourth-order valence-electron chi connectivity index (χ4n) is 5.45. The summed E-state index contributed by atoms with van der Waals surface area (Å²) in [5, 5.41) is 28.2. The third-order valence-corrected chi connectivity index (χ3v) is 7.54. The monoisotopic (exact) mass is 567 g/mol. The molecule has 1 fully saturated rings. The highest BCUT2D eigenvalue weighted by Gasteiger charge is 2.43. The van der Waals surface area contributed by atoms with Gasteiger partial charge in [0.05, 0.1) is 29.4 Å². The Bertz CT molecular complexity index is 1370. The molecule has 2 aromatic carbocycles. The van der Waals surface area contributed by atoms with Crippen LogP contribution in [0.1, 0.15) is 42.9 Å². The quantitative estimate of drug-likeness (QED) is 0.338. The number of nitrogens with zero attached hydrogens (tertiary/aromatic N) is 2. The minimum absolute atomic E-state index is 0.0976. The molecule has 1 aliphatic heterocycles. The lowest BCUT2D eigenvalue weighted by atomic mass is 9.69. The number of ether oxygens (including phenoxy) is 1. The number of aliphatic carboxylic acids is 1. The predicted octanol–water partition coefficient (Wildman–Crippen LogP) is 3.72. The molecule has 12 heteroatoms. The zero-order valence-corrected chi connectivity index (χ0v) is 22.5. The van der Waals surface area contributed by atoms with Crippen molar-refractivity contribution in [3.05, 3.63) is 82.6 Å². The zero-order valence-electron chi connectivity index (χ0n) is 22.5. The first-order chi connectivity index (χ1) is 19.7. The highest BCUT2D eigenvalue weighted by molar-refractivity contribution is 6.01. The summed E-state index contributed by atoms with van der Waals surface area (Å²) in [6, 6.07) is 11.6. The molecule has 41 heavy (non-hydrogen) atoms. The average Bonchev–Trinajstić information content (AvgIpc) is 2.97. The van der Waals surface area contributed by atoms with Gasteiger partial charge in [-0.2, -0.15) is 5.26 Å². The van der Waals surface area contributed by atoms with Gasteiger partial charge in [-0.05, 0) is 48.9 Å². The van der Waals surface area contributed by atoms with E-state index in [9.17, 15) is 33.5 Å². The van der Waals surface area contributed by atoms with Gasteiger partial charge in [0.2, 0.25) is 0 Å². The summed E-state index contributed by atoms with van der Waals surface area (Å²) < 4.78 is 32.8. The van der Waals surface area contributed by atoms with E-state index < -0.39 is 46.7 Å². The van der Waals surface area contributed by atoms with E-state index in [1.807, 2.05) is 30.3 Å². The minimum Gasteiger partial charge on any atom is -0.478 e. The summed E-state index contributed by atoms with van der Waals surface area (Å²) in [4.78, 5) is 39.0. The van der Waals surface area contributed by atoms with E-state index in [0.717, 1.165) is 36.6 Å². The van der Waals surface area contributed by atoms with Gasteiger partial charge in [-0.25, -0.2) is 28.1 Å². The van der Waals surface area contributed by atoms with Crippen LogP contribution in [0.4, 0.5) is 18.4 Å². The van der Waals surface area contributed by atoms with Crippen molar-refractivity contribution in [2.75, 3.05) is 26.8 Å². The molecule has 0 saturated heterocycles. The molecule has 1 unspecified atom stereocenters. The molecule has 2 aliphatic rings. The lowest BCUT2D eigenvalue weighted by Gasteiger charge is -2.36. The van der Waals surface area contributed by atoms with Crippen molar-refractivity contribution in [1.82, 2.24) is 20.9 Å². The summed E-state index contributed by atoms with van der Waals surface area (Å²) in [6.07, 6.45) is 2.90. The second-order valence-electron chi connectivity index (χ2n) is 10.0. The molecule has 1 heterocycles. The number of rotatable bonds is 9. The Balaban J connectivity index is 1.42. The van der Waals surface area contributed by atoms with Crippen molar-refractivity contribution < 1.29 is 33.0 Å². The van der Waals surface area contributed by atoms with Crippen LogP contribution < -0.4 is 16.0 Å². The molecule has 216 valence electrons. The lowest BCUT2D eigenvalue weighted by Crippen LogP contribution is -2.55. The molecule has 4 rings (SSSR count). The van der Waals surface area contributed by atoms with Crippen LogP contribution in [0.25, 0.3) is 0 Å². The van der Waals surface area contributed by atoms with Gasteiger partial charge < -0.3 is 25.8 Å². The van der Waals surface area contributed by atoms with Crippen molar-refractivity contribution in [2.45, 2.75) is 43.2 Å². The van der Waals surface area contributed by atoms with Crippen LogP contribution in [0, 0.1) is 23.0 Å². The second kappa shape index (κ2) is 12.9. The largest absolute Gasteiger partial charge is 0.478 e. The van der Waals surface area contributed by atoms with E-state index in [0.29, 0.717) is 24.3 Å².